The van der Waals surface area contributed by atoms with Crippen LogP contribution in [0.3, 0.4) is 0 Å². The Bertz CT molecular complexity index is 822. The normalized spacial score (nSPS) is 17.0. The van der Waals surface area contributed by atoms with Crippen LogP contribution in [0.5, 0.6) is 5.75 Å². The Morgan fingerprint density at radius 2 is 1.86 bits per heavy atom. The van der Waals surface area contributed by atoms with Crippen LogP contribution in [-0.4, -0.2) is 42.5 Å². The maximum absolute atomic E-state index is 13.1. The number of hydrogen-bond donors (Lipinski definition) is 1. The van der Waals surface area contributed by atoms with Gasteiger partial charge in [0.1, 0.15) is 11.8 Å². The summed E-state index contributed by atoms with van der Waals surface area (Å²) in [6.07, 6.45) is 2.40. The molecule has 0 aliphatic carbocycles. The maximum Gasteiger partial charge on any atom is 0.258 e. The van der Waals surface area contributed by atoms with Gasteiger partial charge in [0.05, 0.1) is 12.2 Å². The molecule has 0 aromatic heterocycles. The largest absolute Gasteiger partial charge is 0.493 e. The fraction of sp³-hybridized carbons (Fsp3) is 0.417. The van der Waals surface area contributed by atoms with Gasteiger partial charge in [0.15, 0.2) is 0 Å². The zero-order valence-electron chi connectivity index (χ0n) is 17.3. The summed E-state index contributed by atoms with van der Waals surface area (Å²) in [5.41, 5.74) is 1.79. The molecule has 1 heterocycles. The molecular formula is C24H30N2O3. The predicted octanol–water partition coefficient (Wildman–Crippen LogP) is 4.00. The summed E-state index contributed by atoms with van der Waals surface area (Å²) in [5.74, 6) is 0.744. The highest BCUT2D eigenvalue weighted by atomic mass is 16.5. The molecule has 1 aliphatic heterocycles. The first-order valence-corrected chi connectivity index (χ1v) is 10.5. The summed E-state index contributed by atoms with van der Waals surface area (Å²) in [6, 6.07) is 17.1. The monoisotopic (exact) mass is 394 g/mol. The van der Waals surface area contributed by atoms with Crippen molar-refractivity contribution in [2.75, 3.05) is 19.7 Å². The number of rotatable bonds is 8. The zero-order chi connectivity index (χ0) is 20.6. The first-order valence-electron chi connectivity index (χ1n) is 10.5. The van der Waals surface area contributed by atoms with Crippen LogP contribution in [0.1, 0.15) is 54.9 Å². The molecule has 0 radical (unpaired) electrons. The van der Waals surface area contributed by atoms with Crippen molar-refractivity contribution in [1.82, 2.24) is 10.2 Å². The third-order valence-corrected chi connectivity index (χ3v) is 5.48. The van der Waals surface area contributed by atoms with Gasteiger partial charge >= 0.3 is 0 Å². The molecule has 1 fully saturated rings. The van der Waals surface area contributed by atoms with Crippen LogP contribution in [0.15, 0.2) is 54.6 Å². The van der Waals surface area contributed by atoms with E-state index in [9.17, 15) is 9.59 Å². The molecule has 2 atom stereocenters. The van der Waals surface area contributed by atoms with E-state index < -0.39 is 6.04 Å². The van der Waals surface area contributed by atoms with Gasteiger partial charge in [-0.05, 0) is 49.8 Å². The van der Waals surface area contributed by atoms with E-state index in [2.05, 4.69) is 24.4 Å². The molecule has 0 saturated carbocycles. The Morgan fingerprint density at radius 3 is 2.62 bits per heavy atom. The van der Waals surface area contributed by atoms with E-state index in [1.807, 2.05) is 37.3 Å². The van der Waals surface area contributed by atoms with Gasteiger partial charge in [-0.1, -0.05) is 49.4 Å². The van der Waals surface area contributed by atoms with E-state index in [0.29, 0.717) is 43.3 Å². The van der Waals surface area contributed by atoms with Crippen molar-refractivity contribution in [2.45, 2.75) is 45.1 Å². The second-order valence-corrected chi connectivity index (χ2v) is 7.48. The second kappa shape index (κ2) is 10.1. The summed E-state index contributed by atoms with van der Waals surface area (Å²) < 4.78 is 5.60. The molecule has 2 aromatic carbocycles. The van der Waals surface area contributed by atoms with Gasteiger partial charge < -0.3 is 15.0 Å². The topological polar surface area (TPSA) is 58.6 Å². The predicted molar refractivity (Wildman–Crippen MR) is 114 cm³/mol. The number of carbonyl (C=O) groups excluding carboxylic acids is 2. The first kappa shape index (κ1) is 20.9. The minimum Gasteiger partial charge on any atom is -0.493 e. The molecule has 29 heavy (non-hydrogen) atoms. The number of nitrogens with zero attached hydrogens (tertiary/aromatic N) is 1. The van der Waals surface area contributed by atoms with Crippen molar-refractivity contribution in [3.05, 3.63) is 65.7 Å². The SMILES string of the molecule is CCOc1ccccc1C(=O)N1CCCC1C(=O)NCCC(C)c1ccccc1. The molecule has 5 heteroatoms. The first-order chi connectivity index (χ1) is 14.1. The molecule has 0 bridgehead atoms. The van der Waals surface area contributed by atoms with E-state index >= 15 is 0 Å². The molecule has 5 nitrogen and oxygen atoms in total. The highest BCUT2D eigenvalue weighted by Gasteiger charge is 2.35. The second-order valence-electron chi connectivity index (χ2n) is 7.48. The Kier molecular flexibility index (Phi) is 7.28. The van der Waals surface area contributed by atoms with Crippen LogP contribution in [0.4, 0.5) is 0 Å². The third kappa shape index (κ3) is 5.17. The van der Waals surface area contributed by atoms with Gasteiger partial charge in [0.2, 0.25) is 5.91 Å². The van der Waals surface area contributed by atoms with E-state index in [4.69, 9.17) is 4.74 Å². The number of ether oxygens (including phenoxy) is 1. The van der Waals surface area contributed by atoms with Crippen molar-refractivity contribution in [1.29, 1.82) is 0 Å². The Balaban J connectivity index is 1.58. The molecule has 2 unspecified atom stereocenters. The van der Waals surface area contributed by atoms with Gasteiger partial charge in [0, 0.05) is 13.1 Å². The van der Waals surface area contributed by atoms with Crippen LogP contribution >= 0.6 is 0 Å². The minimum absolute atomic E-state index is 0.0648. The van der Waals surface area contributed by atoms with Gasteiger partial charge in [-0.25, -0.2) is 0 Å². The molecule has 2 aromatic rings. The number of nitrogens with one attached hydrogen (secondary N) is 1. The Hall–Kier alpha value is -2.82. The van der Waals surface area contributed by atoms with Gasteiger partial charge in [0.25, 0.3) is 5.91 Å². The number of likely N-dealkylation sites (tertiary alicyclic amines) is 1. The molecule has 2 amide bonds. The molecule has 1 N–H and O–H groups in total. The van der Waals surface area contributed by atoms with E-state index in [0.717, 1.165) is 12.8 Å². The maximum atomic E-state index is 13.1. The van der Waals surface area contributed by atoms with Crippen molar-refractivity contribution in [3.63, 3.8) is 0 Å². The van der Waals surface area contributed by atoms with E-state index in [1.165, 1.54) is 5.56 Å². The molecular weight excluding hydrogens is 364 g/mol. The van der Waals surface area contributed by atoms with Crippen LogP contribution in [-0.2, 0) is 4.79 Å². The van der Waals surface area contributed by atoms with Gasteiger partial charge in [-0.2, -0.15) is 0 Å². The highest BCUT2D eigenvalue weighted by molar-refractivity contribution is 6.00. The van der Waals surface area contributed by atoms with E-state index in [-0.39, 0.29) is 11.8 Å². The molecule has 0 spiro atoms. The molecule has 1 aliphatic rings. The van der Waals surface area contributed by atoms with Crippen molar-refractivity contribution in [2.24, 2.45) is 0 Å². The highest BCUT2D eigenvalue weighted by Crippen LogP contribution is 2.25. The van der Waals surface area contributed by atoms with Crippen LogP contribution < -0.4 is 10.1 Å². The standard InChI is InChI=1S/C24H30N2O3/c1-3-29-22-14-8-7-12-20(22)24(28)26-17-9-13-21(26)23(27)25-16-15-18(2)19-10-5-4-6-11-19/h4-8,10-12,14,18,21H,3,9,13,15-17H2,1-2H3,(H,25,27). The average molecular weight is 395 g/mol. The fourth-order valence-electron chi connectivity index (χ4n) is 3.84. The van der Waals surface area contributed by atoms with Crippen molar-refractivity contribution in [3.8, 4) is 5.75 Å². The number of carbonyl (C=O) groups is 2. The van der Waals surface area contributed by atoms with Crippen molar-refractivity contribution < 1.29 is 14.3 Å². The summed E-state index contributed by atoms with van der Waals surface area (Å²) in [7, 11) is 0. The zero-order valence-corrected chi connectivity index (χ0v) is 17.3. The number of benzene rings is 2. The number of hydrogen-bond acceptors (Lipinski definition) is 3. The van der Waals surface area contributed by atoms with E-state index in [1.54, 1.807) is 17.0 Å². The lowest BCUT2D eigenvalue weighted by Crippen LogP contribution is -2.46. The molecule has 3 rings (SSSR count). The van der Waals surface area contributed by atoms with Crippen molar-refractivity contribution >= 4 is 11.8 Å². The quantitative estimate of drug-likeness (QED) is 0.736. The lowest BCUT2D eigenvalue weighted by Gasteiger charge is -2.25. The third-order valence-electron chi connectivity index (χ3n) is 5.48. The summed E-state index contributed by atoms with van der Waals surface area (Å²) in [6.45, 7) is 5.75. The average Bonchev–Trinajstić information content (AvgIpc) is 3.24. The van der Waals surface area contributed by atoms with Crippen LogP contribution in [0.25, 0.3) is 0 Å². The number of amides is 2. The fourth-order valence-corrected chi connectivity index (χ4v) is 3.84. The Labute approximate surface area is 173 Å². The van der Waals surface area contributed by atoms with Gasteiger partial charge in [-0.3, -0.25) is 9.59 Å². The lowest BCUT2D eigenvalue weighted by atomic mass is 9.98. The molecule has 1 saturated heterocycles. The van der Waals surface area contributed by atoms with Gasteiger partial charge in [-0.15, -0.1) is 0 Å². The Morgan fingerprint density at radius 1 is 1.14 bits per heavy atom. The number of para-hydroxylation sites is 1. The van der Waals surface area contributed by atoms with Crippen LogP contribution in [0, 0.1) is 0 Å². The lowest BCUT2D eigenvalue weighted by molar-refractivity contribution is -0.124. The summed E-state index contributed by atoms with van der Waals surface area (Å²) in [5, 5.41) is 3.04. The summed E-state index contributed by atoms with van der Waals surface area (Å²) in [4.78, 5) is 27.6. The minimum atomic E-state index is -0.413. The molecule has 154 valence electrons. The summed E-state index contributed by atoms with van der Waals surface area (Å²) >= 11 is 0. The van der Waals surface area contributed by atoms with Crippen LogP contribution in [0.2, 0.25) is 0 Å². The smallest absolute Gasteiger partial charge is 0.258 e.